The average Bonchev–Trinajstić information content (AvgIpc) is 2.79. The smallest absolute Gasteiger partial charge is 0.322 e. The van der Waals surface area contributed by atoms with E-state index in [2.05, 4.69) is 4.98 Å². The quantitative estimate of drug-likeness (QED) is 0.870. The largest absolute Gasteiger partial charge is 0.480 e. The zero-order valence-corrected chi connectivity index (χ0v) is 10.7. The normalized spacial score (nSPS) is 21.1. The summed E-state index contributed by atoms with van der Waals surface area (Å²) in [6.07, 6.45) is 2.19. The first kappa shape index (κ1) is 13.0. The molecule has 1 fully saturated rings. The predicted molar refractivity (Wildman–Crippen MR) is 63.5 cm³/mol. The summed E-state index contributed by atoms with van der Waals surface area (Å²) >= 11 is 0. The molecule has 0 saturated carbocycles. The highest BCUT2D eigenvalue weighted by Crippen LogP contribution is 2.25. The highest BCUT2D eigenvalue weighted by molar-refractivity contribution is 7.89. The second-order valence-electron chi connectivity index (χ2n) is 4.25. The van der Waals surface area contributed by atoms with Gasteiger partial charge in [-0.05, 0) is 31.9 Å². The topological polar surface area (TPSA) is 87.6 Å². The molecule has 0 aromatic carbocycles. The van der Waals surface area contributed by atoms with Crippen molar-refractivity contribution in [2.75, 3.05) is 6.54 Å². The van der Waals surface area contributed by atoms with Crippen LogP contribution in [0.2, 0.25) is 0 Å². The van der Waals surface area contributed by atoms with Crippen LogP contribution in [-0.2, 0) is 14.8 Å². The number of hydrogen-bond donors (Lipinski definition) is 1. The fraction of sp³-hybridized carbons (Fsp3) is 0.455. The number of carboxylic acid groups (broad SMARTS) is 1. The zero-order chi connectivity index (χ0) is 13.3. The SMILES string of the molecule is Cc1ccc(S(=O)(=O)N2CCC[C@H]2C(=O)O)cn1. The summed E-state index contributed by atoms with van der Waals surface area (Å²) in [5.74, 6) is -1.10. The maximum Gasteiger partial charge on any atom is 0.322 e. The van der Waals surface area contributed by atoms with Gasteiger partial charge in [-0.1, -0.05) is 0 Å². The van der Waals surface area contributed by atoms with Crippen molar-refractivity contribution in [1.82, 2.24) is 9.29 Å². The number of carbonyl (C=O) groups is 1. The van der Waals surface area contributed by atoms with Crippen LogP contribution in [0.1, 0.15) is 18.5 Å². The van der Waals surface area contributed by atoms with Gasteiger partial charge in [0, 0.05) is 18.4 Å². The standard InChI is InChI=1S/C11H14N2O4S/c1-8-4-5-9(7-12-8)18(16,17)13-6-2-3-10(13)11(14)15/h4-5,7,10H,2-3,6H2,1H3,(H,14,15)/t10-/m0/s1. The van der Waals surface area contributed by atoms with E-state index < -0.39 is 22.0 Å². The number of aromatic nitrogens is 1. The number of nitrogens with zero attached hydrogens (tertiary/aromatic N) is 2. The van der Waals surface area contributed by atoms with Crippen LogP contribution in [-0.4, -0.2) is 41.4 Å². The Morgan fingerprint density at radius 2 is 2.22 bits per heavy atom. The number of rotatable bonds is 3. The molecule has 1 aliphatic rings. The van der Waals surface area contributed by atoms with Gasteiger partial charge in [-0.2, -0.15) is 4.31 Å². The summed E-state index contributed by atoms with van der Waals surface area (Å²) in [5, 5.41) is 9.02. The van der Waals surface area contributed by atoms with Crippen molar-refractivity contribution < 1.29 is 18.3 Å². The molecule has 0 spiro atoms. The molecule has 1 atom stereocenters. The molecule has 6 nitrogen and oxygen atoms in total. The van der Waals surface area contributed by atoms with Crippen molar-refractivity contribution in [1.29, 1.82) is 0 Å². The fourth-order valence-corrected chi connectivity index (χ4v) is 3.61. The van der Waals surface area contributed by atoms with E-state index in [1.807, 2.05) is 0 Å². The molecule has 0 radical (unpaired) electrons. The summed E-state index contributed by atoms with van der Waals surface area (Å²) < 4.78 is 25.6. The first-order chi connectivity index (χ1) is 8.43. The van der Waals surface area contributed by atoms with Crippen molar-refractivity contribution in [2.24, 2.45) is 0 Å². The summed E-state index contributed by atoms with van der Waals surface area (Å²) in [6.45, 7) is 2.00. The number of aliphatic carboxylic acids is 1. The molecule has 98 valence electrons. The van der Waals surface area contributed by atoms with Crippen molar-refractivity contribution in [3.63, 3.8) is 0 Å². The maximum atomic E-state index is 12.3. The number of aryl methyl sites for hydroxylation is 1. The van der Waals surface area contributed by atoms with Crippen LogP contribution in [0.4, 0.5) is 0 Å². The van der Waals surface area contributed by atoms with E-state index in [1.54, 1.807) is 13.0 Å². The van der Waals surface area contributed by atoms with Crippen LogP contribution >= 0.6 is 0 Å². The zero-order valence-electron chi connectivity index (χ0n) is 9.91. The third-order valence-corrected chi connectivity index (χ3v) is 4.87. The molecule has 0 unspecified atom stereocenters. The van der Waals surface area contributed by atoms with Gasteiger partial charge in [0.1, 0.15) is 10.9 Å². The van der Waals surface area contributed by atoms with E-state index in [1.165, 1.54) is 12.3 Å². The van der Waals surface area contributed by atoms with Gasteiger partial charge in [0.15, 0.2) is 0 Å². The second kappa shape index (κ2) is 4.66. The predicted octanol–water partition coefficient (Wildman–Crippen LogP) is 0.628. The van der Waals surface area contributed by atoms with Gasteiger partial charge in [0.2, 0.25) is 10.0 Å². The number of pyridine rings is 1. The lowest BCUT2D eigenvalue weighted by atomic mass is 10.2. The van der Waals surface area contributed by atoms with E-state index in [0.717, 1.165) is 4.31 Å². The second-order valence-corrected chi connectivity index (χ2v) is 6.14. The van der Waals surface area contributed by atoms with Crippen molar-refractivity contribution in [3.05, 3.63) is 24.0 Å². The third kappa shape index (κ3) is 2.23. The Bertz CT molecular complexity index is 553. The summed E-state index contributed by atoms with van der Waals surface area (Å²) in [6, 6.07) is 2.09. The molecule has 0 aliphatic carbocycles. The van der Waals surface area contributed by atoms with Crippen LogP contribution in [0, 0.1) is 6.92 Å². The van der Waals surface area contributed by atoms with Crippen molar-refractivity contribution in [3.8, 4) is 0 Å². The van der Waals surface area contributed by atoms with Gasteiger partial charge in [-0.3, -0.25) is 9.78 Å². The molecule has 1 aromatic rings. The molecule has 1 aliphatic heterocycles. The lowest BCUT2D eigenvalue weighted by molar-refractivity contribution is -0.140. The Morgan fingerprint density at radius 1 is 1.50 bits per heavy atom. The molecule has 1 aromatic heterocycles. The Morgan fingerprint density at radius 3 is 2.78 bits per heavy atom. The molecule has 2 heterocycles. The Balaban J connectivity index is 2.36. The number of sulfonamides is 1. The number of carboxylic acids is 1. The summed E-state index contributed by atoms with van der Waals surface area (Å²) in [7, 11) is -3.76. The lowest BCUT2D eigenvalue weighted by Gasteiger charge is -2.20. The molecular weight excluding hydrogens is 256 g/mol. The first-order valence-electron chi connectivity index (χ1n) is 5.60. The van der Waals surface area contributed by atoms with E-state index in [-0.39, 0.29) is 11.4 Å². The first-order valence-corrected chi connectivity index (χ1v) is 7.04. The van der Waals surface area contributed by atoms with Crippen LogP contribution in [0.3, 0.4) is 0 Å². The maximum absolute atomic E-state index is 12.3. The van der Waals surface area contributed by atoms with Gasteiger partial charge in [-0.15, -0.1) is 0 Å². The monoisotopic (exact) mass is 270 g/mol. The molecular formula is C11H14N2O4S. The van der Waals surface area contributed by atoms with E-state index in [0.29, 0.717) is 18.5 Å². The molecule has 2 rings (SSSR count). The van der Waals surface area contributed by atoms with Crippen LogP contribution in [0.15, 0.2) is 23.2 Å². The fourth-order valence-electron chi connectivity index (χ4n) is 2.02. The van der Waals surface area contributed by atoms with Gasteiger partial charge >= 0.3 is 5.97 Å². The van der Waals surface area contributed by atoms with Gasteiger partial charge in [-0.25, -0.2) is 8.42 Å². The Labute approximate surface area is 105 Å². The summed E-state index contributed by atoms with van der Waals surface area (Å²) in [5.41, 5.74) is 0.713. The molecule has 1 N–H and O–H groups in total. The van der Waals surface area contributed by atoms with Crippen LogP contribution in [0.25, 0.3) is 0 Å². The minimum Gasteiger partial charge on any atom is -0.480 e. The minimum atomic E-state index is -3.76. The van der Waals surface area contributed by atoms with Gasteiger partial charge < -0.3 is 5.11 Å². The molecule has 18 heavy (non-hydrogen) atoms. The molecule has 0 amide bonds. The Hall–Kier alpha value is -1.47. The van der Waals surface area contributed by atoms with Gasteiger partial charge in [0.05, 0.1) is 0 Å². The third-order valence-electron chi connectivity index (χ3n) is 2.98. The lowest BCUT2D eigenvalue weighted by Crippen LogP contribution is -2.40. The summed E-state index contributed by atoms with van der Waals surface area (Å²) in [4.78, 5) is 15.0. The molecule has 7 heteroatoms. The molecule has 1 saturated heterocycles. The van der Waals surface area contributed by atoms with Crippen molar-refractivity contribution in [2.45, 2.75) is 30.7 Å². The van der Waals surface area contributed by atoms with Crippen molar-refractivity contribution >= 4 is 16.0 Å². The van der Waals surface area contributed by atoms with Crippen LogP contribution in [0.5, 0.6) is 0 Å². The number of hydrogen-bond acceptors (Lipinski definition) is 4. The highest BCUT2D eigenvalue weighted by Gasteiger charge is 2.39. The van der Waals surface area contributed by atoms with Gasteiger partial charge in [0.25, 0.3) is 0 Å². The van der Waals surface area contributed by atoms with E-state index in [9.17, 15) is 13.2 Å². The van der Waals surface area contributed by atoms with Crippen LogP contribution < -0.4 is 0 Å². The van der Waals surface area contributed by atoms with E-state index >= 15 is 0 Å². The molecule has 0 bridgehead atoms. The average molecular weight is 270 g/mol. The minimum absolute atomic E-state index is 0.0428. The van der Waals surface area contributed by atoms with E-state index in [4.69, 9.17) is 5.11 Å². The Kier molecular flexibility index (Phi) is 3.36. The highest BCUT2D eigenvalue weighted by atomic mass is 32.2.